The fourth-order valence-corrected chi connectivity index (χ4v) is 4.51. The van der Waals surface area contributed by atoms with E-state index in [4.69, 9.17) is 0 Å². The van der Waals surface area contributed by atoms with E-state index in [0.717, 1.165) is 11.3 Å². The molecule has 0 bridgehead atoms. The SMILES string of the molecule is CC(C)S(=O)c1nc2c(s1)C(=O)c1ccccc1C2=O. The maximum Gasteiger partial charge on any atom is 0.213 e. The van der Waals surface area contributed by atoms with Crippen LogP contribution in [0.3, 0.4) is 0 Å². The van der Waals surface area contributed by atoms with Crippen LogP contribution in [0, 0.1) is 0 Å². The Morgan fingerprint density at radius 3 is 2.30 bits per heavy atom. The second kappa shape index (κ2) is 4.71. The number of carbonyl (C=O) groups excluding carboxylic acids is 2. The fraction of sp³-hybridized carbons (Fsp3) is 0.214. The van der Waals surface area contributed by atoms with Gasteiger partial charge in [-0.15, -0.1) is 11.3 Å². The number of carbonyl (C=O) groups is 2. The highest BCUT2D eigenvalue weighted by molar-refractivity contribution is 7.87. The molecule has 4 nitrogen and oxygen atoms in total. The highest BCUT2D eigenvalue weighted by Crippen LogP contribution is 2.32. The van der Waals surface area contributed by atoms with Gasteiger partial charge in [-0.1, -0.05) is 38.1 Å². The quantitative estimate of drug-likeness (QED) is 0.729. The predicted molar refractivity (Wildman–Crippen MR) is 77.0 cm³/mol. The van der Waals surface area contributed by atoms with Gasteiger partial charge in [0, 0.05) is 16.4 Å². The van der Waals surface area contributed by atoms with Gasteiger partial charge in [-0.3, -0.25) is 13.8 Å². The molecule has 1 aromatic heterocycles. The van der Waals surface area contributed by atoms with Gasteiger partial charge in [-0.25, -0.2) is 4.98 Å². The van der Waals surface area contributed by atoms with Gasteiger partial charge in [0.15, 0.2) is 4.34 Å². The van der Waals surface area contributed by atoms with Crippen molar-refractivity contribution in [3.63, 3.8) is 0 Å². The van der Waals surface area contributed by atoms with Crippen LogP contribution in [0.5, 0.6) is 0 Å². The Labute approximate surface area is 122 Å². The molecule has 0 amide bonds. The van der Waals surface area contributed by atoms with Crippen LogP contribution < -0.4 is 0 Å². The number of fused-ring (bicyclic) bond motifs is 2. The third-order valence-corrected chi connectivity index (χ3v) is 5.93. The molecule has 3 rings (SSSR count). The van der Waals surface area contributed by atoms with Crippen molar-refractivity contribution in [1.82, 2.24) is 4.98 Å². The van der Waals surface area contributed by atoms with Crippen molar-refractivity contribution in [3.8, 4) is 0 Å². The van der Waals surface area contributed by atoms with Gasteiger partial charge in [0.1, 0.15) is 10.6 Å². The first-order valence-electron chi connectivity index (χ1n) is 6.10. The highest BCUT2D eigenvalue weighted by atomic mass is 32.2. The van der Waals surface area contributed by atoms with Gasteiger partial charge in [0.2, 0.25) is 11.6 Å². The zero-order valence-electron chi connectivity index (χ0n) is 10.9. The summed E-state index contributed by atoms with van der Waals surface area (Å²) in [5, 5.41) is -0.102. The predicted octanol–water partition coefficient (Wildman–Crippen LogP) is 2.43. The van der Waals surface area contributed by atoms with Crippen molar-refractivity contribution in [2.75, 3.05) is 0 Å². The number of aromatic nitrogens is 1. The largest absolute Gasteiger partial charge is 0.288 e. The number of benzene rings is 1. The number of rotatable bonds is 2. The minimum absolute atomic E-state index is 0.102. The smallest absolute Gasteiger partial charge is 0.213 e. The molecule has 2 aromatic rings. The maximum atomic E-state index is 12.4. The van der Waals surface area contributed by atoms with Crippen LogP contribution >= 0.6 is 11.3 Å². The summed E-state index contributed by atoms with van der Waals surface area (Å²) in [7, 11) is -1.29. The van der Waals surface area contributed by atoms with E-state index in [-0.39, 0.29) is 22.5 Å². The summed E-state index contributed by atoms with van der Waals surface area (Å²) in [6.45, 7) is 3.63. The molecule has 0 spiro atoms. The third kappa shape index (κ3) is 1.87. The Bertz CT molecular complexity index is 709. The maximum absolute atomic E-state index is 12.4. The molecule has 0 N–H and O–H groups in total. The average Bonchev–Trinajstić information content (AvgIpc) is 2.89. The molecule has 0 saturated heterocycles. The summed E-state index contributed by atoms with van der Waals surface area (Å²) in [5.74, 6) is -0.474. The van der Waals surface area contributed by atoms with E-state index in [1.807, 2.05) is 13.8 Å². The van der Waals surface area contributed by atoms with Gasteiger partial charge in [-0.05, 0) is 0 Å². The summed E-state index contributed by atoms with van der Waals surface area (Å²) >= 11 is 1.07. The topological polar surface area (TPSA) is 64.1 Å². The van der Waals surface area contributed by atoms with Crippen LogP contribution in [0.1, 0.15) is 45.1 Å². The van der Waals surface area contributed by atoms with Gasteiger partial charge in [-0.2, -0.15) is 0 Å². The van der Waals surface area contributed by atoms with Crippen molar-refractivity contribution in [1.29, 1.82) is 0 Å². The Balaban J connectivity index is 2.17. The van der Waals surface area contributed by atoms with Crippen LogP contribution in [0.2, 0.25) is 0 Å². The zero-order valence-corrected chi connectivity index (χ0v) is 12.5. The number of hydrogen-bond donors (Lipinski definition) is 0. The summed E-state index contributed by atoms with van der Waals surface area (Å²) in [5.41, 5.74) is 0.912. The third-order valence-electron chi connectivity index (χ3n) is 3.05. The molecule has 20 heavy (non-hydrogen) atoms. The van der Waals surface area contributed by atoms with Crippen LogP contribution in [-0.2, 0) is 10.8 Å². The standard InChI is InChI=1S/C14H11NO3S2/c1-7(2)20(18)14-15-10-11(16)8-5-3-4-6-9(8)12(17)13(10)19-14/h3-7H,1-2H3. The molecule has 0 radical (unpaired) electrons. The molecule has 1 unspecified atom stereocenters. The Morgan fingerprint density at radius 2 is 1.70 bits per heavy atom. The molecule has 0 aliphatic heterocycles. The van der Waals surface area contributed by atoms with Crippen LogP contribution in [0.4, 0.5) is 0 Å². The minimum atomic E-state index is -1.29. The van der Waals surface area contributed by atoms with Gasteiger partial charge < -0.3 is 0 Å². The second-order valence-electron chi connectivity index (χ2n) is 4.71. The molecule has 1 atom stereocenters. The number of ketones is 2. The lowest BCUT2D eigenvalue weighted by atomic mass is 9.92. The fourth-order valence-electron chi connectivity index (χ4n) is 2.02. The van der Waals surface area contributed by atoms with E-state index in [2.05, 4.69) is 4.98 Å². The van der Waals surface area contributed by atoms with Crippen molar-refractivity contribution >= 4 is 33.7 Å². The molecule has 0 saturated carbocycles. The highest BCUT2D eigenvalue weighted by Gasteiger charge is 2.34. The zero-order chi connectivity index (χ0) is 14.4. The van der Waals surface area contributed by atoms with E-state index < -0.39 is 10.8 Å². The lowest BCUT2D eigenvalue weighted by molar-refractivity contribution is 0.0979. The number of hydrogen-bond acceptors (Lipinski definition) is 5. The molecule has 1 aromatic carbocycles. The van der Waals surface area contributed by atoms with Gasteiger partial charge in [0.25, 0.3) is 0 Å². The van der Waals surface area contributed by atoms with Crippen molar-refractivity contribution in [3.05, 3.63) is 46.0 Å². The van der Waals surface area contributed by atoms with Crippen LogP contribution in [0.25, 0.3) is 0 Å². The molecule has 1 heterocycles. The molecule has 1 aliphatic carbocycles. The van der Waals surface area contributed by atoms with E-state index >= 15 is 0 Å². The molecule has 0 fully saturated rings. The lowest BCUT2D eigenvalue weighted by Crippen LogP contribution is -2.19. The van der Waals surface area contributed by atoms with Crippen molar-refractivity contribution in [2.45, 2.75) is 23.4 Å². The average molecular weight is 305 g/mol. The van der Waals surface area contributed by atoms with Gasteiger partial charge in [0.05, 0.1) is 10.8 Å². The van der Waals surface area contributed by atoms with E-state index in [9.17, 15) is 13.8 Å². The van der Waals surface area contributed by atoms with E-state index in [1.54, 1.807) is 24.3 Å². The normalized spacial score (nSPS) is 15.2. The summed E-state index contributed by atoms with van der Waals surface area (Å²) in [6, 6.07) is 6.70. The summed E-state index contributed by atoms with van der Waals surface area (Å²) in [4.78, 5) is 29.2. The molecular formula is C14H11NO3S2. The van der Waals surface area contributed by atoms with E-state index in [0.29, 0.717) is 20.3 Å². The molecule has 1 aliphatic rings. The van der Waals surface area contributed by atoms with Gasteiger partial charge >= 0.3 is 0 Å². The monoisotopic (exact) mass is 305 g/mol. The Morgan fingerprint density at radius 1 is 1.10 bits per heavy atom. The second-order valence-corrected chi connectivity index (χ2v) is 7.89. The minimum Gasteiger partial charge on any atom is -0.288 e. The van der Waals surface area contributed by atoms with Crippen LogP contribution in [0.15, 0.2) is 28.6 Å². The van der Waals surface area contributed by atoms with Crippen molar-refractivity contribution < 1.29 is 13.8 Å². The van der Waals surface area contributed by atoms with Crippen molar-refractivity contribution in [2.24, 2.45) is 0 Å². The molecule has 102 valence electrons. The number of thiazole rings is 1. The number of nitrogens with zero attached hydrogens (tertiary/aromatic N) is 1. The molecule has 6 heteroatoms. The summed E-state index contributed by atoms with van der Waals surface area (Å²) < 4.78 is 12.4. The Kier molecular flexibility index (Phi) is 3.14. The first kappa shape index (κ1) is 13.3. The van der Waals surface area contributed by atoms with E-state index in [1.165, 1.54) is 0 Å². The first-order valence-corrected chi connectivity index (χ1v) is 8.13. The van der Waals surface area contributed by atoms with Crippen LogP contribution in [-0.4, -0.2) is 26.0 Å². The lowest BCUT2D eigenvalue weighted by Gasteiger charge is -2.11. The summed E-state index contributed by atoms with van der Waals surface area (Å²) in [6.07, 6.45) is 0. The Hall–Kier alpha value is -1.66. The first-order chi connectivity index (χ1) is 9.50. The molecular weight excluding hydrogens is 294 g/mol.